The molecule has 0 spiro atoms. The fourth-order valence-corrected chi connectivity index (χ4v) is 8.62. The third-order valence-corrected chi connectivity index (χ3v) is 10.1. The van der Waals surface area contributed by atoms with Crippen molar-refractivity contribution in [3.8, 4) is 11.1 Å². The SMILES string of the molecule is CC12CC3CC(C)(C1)CC([NH-])(C3)C2.CC1=[C-]C(C)C(C)=C1C.[CH3-].[SiH2]c1ccccc1.[Ti+3].c1ccc(-c2ccccc2)cc1. The van der Waals surface area contributed by atoms with E-state index in [-0.39, 0.29) is 34.7 Å². The van der Waals surface area contributed by atoms with Gasteiger partial charge < -0.3 is 13.2 Å². The number of allylic oxidation sites excluding steroid dienone is 4. The van der Waals surface area contributed by atoms with Gasteiger partial charge in [0.05, 0.1) is 0 Å². The third-order valence-electron chi connectivity index (χ3n) is 9.59. The van der Waals surface area contributed by atoms with Crippen LogP contribution in [0.4, 0.5) is 0 Å². The van der Waals surface area contributed by atoms with E-state index >= 15 is 0 Å². The molecular weight excluding hydrogens is 570 g/mol. The summed E-state index contributed by atoms with van der Waals surface area (Å²) < 4.78 is 0. The average Bonchev–Trinajstić information content (AvgIpc) is 3.13. The molecule has 2 radical (unpaired) electrons. The average molecular weight is 624 g/mol. The van der Waals surface area contributed by atoms with Crippen LogP contribution in [0.2, 0.25) is 0 Å². The molecule has 0 amide bonds. The third kappa shape index (κ3) is 10.3. The van der Waals surface area contributed by atoms with E-state index in [1.54, 1.807) is 0 Å². The molecule has 226 valence electrons. The molecule has 3 heteroatoms. The number of hydrogen-bond donors (Lipinski definition) is 0. The van der Waals surface area contributed by atoms with Crippen molar-refractivity contribution in [1.82, 2.24) is 0 Å². The van der Waals surface area contributed by atoms with Gasteiger partial charge in [-0.3, -0.25) is 6.08 Å². The second-order valence-corrected chi connectivity index (χ2v) is 14.7. The normalized spacial score (nSPS) is 29.3. The van der Waals surface area contributed by atoms with Gasteiger partial charge in [-0.05, 0) is 47.1 Å². The molecule has 8 rings (SSSR count). The molecule has 4 fully saturated rings. The summed E-state index contributed by atoms with van der Waals surface area (Å²) in [6.07, 6.45) is 11.2. The minimum Gasteiger partial charge on any atom is -0.672 e. The first-order chi connectivity index (χ1) is 19.4. The Kier molecular flexibility index (Phi) is 13.7. The van der Waals surface area contributed by atoms with Crippen molar-refractivity contribution in [3.05, 3.63) is 127 Å². The fraction of sp³-hybridized carbons (Fsp3) is 0.425. The van der Waals surface area contributed by atoms with Gasteiger partial charge in [0.15, 0.2) is 0 Å². The molecule has 0 aromatic heterocycles. The van der Waals surface area contributed by atoms with Gasteiger partial charge >= 0.3 is 21.7 Å². The van der Waals surface area contributed by atoms with E-state index < -0.39 is 0 Å². The molecule has 43 heavy (non-hydrogen) atoms. The van der Waals surface area contributed by atoms with Gasteiger partial charge in [-0.2, -0.15) is 11.1 Å². The van der Waals surface area contributed by atoms with Crippen LogP contribution < -0.4 is 5.19 Å². The van der Waals surface area contributed by atoms with Gasteiger partial charge in [-0.25, -0.2) is 5.57 Å². The zero-order valence-electron chi connectivity index (χ0n) is 27.8. The first kappa shape index (κ1) is 37.2. The number of nitrogens with one attached hydrogen (secondary N) is 1. The Balaban J connectivity index is 0.000000202. The molecule has 3 atom stereocenters. The van der Waals surface area contributed by atoms with Gasteiger partial charge in [0, 0.05) is 10.2 Å². The maximum atomic E-state index is 8.46. The van der Waals surface area contributed by atoms with Gasteiger partial charge in [-0.1, -0.05) is 156 Å². The standard InChI is InChI=1S/C12H20N.C12H10.C9H13.C6H7Si.CH3.Ti/c1-10-3-9-4-11(2,6-10)8-12(13,5-9)7-10;1-3-7-11(8-4-1)12-9-5-2-6-10-12;1-6-5-7(2)9(4)8(6)3;7-6-4-2-1-3-5-6;;/h9,13H,3-8H2,1-2H3;1-10H;6H,1-4H3;1-5H,7H2;1H3;/q-1;;-1;;-1;+3. The molecule has 1 nitrogen and oxygen atoms in total. The molecule has 0 heterocycles. The van der Waals surface area contributed by atoms with E-state index in [1.165, 1.54) is 71.6 Å². The van der Waals surface area contributed by atoms with Crippen LogP contribution in [0.25, 0.3) is 16.9 Å². The van der Waals surface area contributed by atoms with Crippen LogP contribution in [-0.2, 0) is 21.7 Å². The summed E-state index contributed by atoms with van der Waals surface area (Å²) >= 11 is 0. The monoisotopic (exact) mass is 623 g/mol. The molecule has 4 bridgehead atoms. The predicted molar refractivity (Wildman–Crippen MR) is 187 cm³/mol. The van der Waals surface area contributed by atoms with Crippen LogP contribution in [-0.4, -0.2) is 15.8 Å². The molecule has 1 N–H and O–H groups in total. The largest absolute Gasteiger partial charge is 3.00 e. The summed E-state index contributed by atoms with van der Waals surface area (Å²) in [6.45, 7) is 13.5. The fourth-order valence-electron chi connectivity index (χ4n) is 8.35. The number of rotatable bonds is 1. The summed E-state index contributed by atoms with van der Waals surface area (Å²) in [5.74, 6) is 1.45. The molecule has 0 saturated heterocycles. The summed E-state index contributed by atoms with van der Waals surface area (Å²) in [7, 11) is 1.90. The van der Waals surface area contributed by atoms with Gasteiger partial charge in [0.2, 0.25) is 0 Å². The first-order valence-electron chi connectivity index (χ1n) is 15.4. The number of benzene rings is 3. The second-order valence-electron chi connectivity index (χ2n) is 13.9. The Morgan fingerprint density at radius 3 is 1.37 bits per heavy atom. The Hall–Kier alpha value is -1.97. The molecule has 4 saturated carbocycles. The maximum Gasteiger partial charge on any atom is 3.00 e. The maximum absolute atomic E-state index is 8.46. The molecule has 3 unspecified atom stereocenters. The minimum atomic E-state index is -0.0249. The van der Waals surface area contributed by atoms with Crippen LogP contribution in [0.15, 0.2) is 108 Å². The van der Waals surface area contributed by atoms with E-state index in [1.807, 2.05) is 40.6 Å². The van der Waals surface area contributed by atoms with Gasteiger partial charge in [0.1, 0.15) is 0 Å². The summed E-state index contributed by atoms with van der Waals surface area (Å²) in [5, 5.41) is 1.35. The molecule has 0 aliphatic heterocycles. The van der Waals surface area contributed by atoms with Crippen molar-refractivity contribution in [2.24, 2.45) is 22.7 Å². The van der Waals surface area contributed by atoms with Crippen LogP contribution >= 0.6 is 0 Å². The first-order valence-corrected chi connectivity index (χ1v) is 16.1. The zero-order valence-corrected chi connectivity index (χ0v) is 30.7. The van der Waals surface area contributed by atoms with Crippen LogP contribution in [0.3, 0.4) is 0 Å². The second kappa shape index (κ2) is 15.8. The zero-order chi connectivity index (χ0) is 29.7. The van der Waals surface area contributed by atoms with Crippen molar-refractivity contribution in [1.29, 1.82) is 0 Å². The van der Waals surface area contributed by atoms with Crippen molar-refractivity contribution in [2.45, 2.75) is 85.6 Å². The Labute approximate surface area is 282 Å². The van der Waals surface area contributed by atoms with Gasteiger partial charge in [0.25, 0.3) is 0 Å². The summed E-state index contributed by atoms with van der Waals surface area (Å²) in [4.78, 5) is 0. The molecule has 5 aliphatic carbocycles. The van der Waals surface area contributed by atoms with E-state index in [0.29, 0.717) is 16.7 Å². The Bertz CT molecular complexity index is 1240. The molecule has 3 aromatic rings. The van der Waals surface area contributed by atoms with E-state index in [4.69, 9.17) is 5.73 Å². The van der Waals surface area contributed by atoms with Crippen LogP contribution in [0, 0.1) is 36.2 Å². The van der Waals surface area contributed by atoms with E-state index in [2.05, 4.69) is 108 Å². The quantitative estimate of drug-likeness (QED) is 0.190. The van der Waals surface area contributed by atoms with Crippen molar-refractivity contribution >= 4 is 15.4 Å². The summed E-state index contributed by atoms with van der Waals surface area (Å²) in [5.41, 5.74) is 16.3. The number of hydrogen-bond acceptors (Lipinski definition) is 0. The topological polar surface area (TPSA) is 23.8 Å². The molecular formula is C40H53NSiTi. The van der Waals surface area contributed by atoms with E-state index in [0.717, 1.165) is 5.92 Å². The van der Waals surface area contributed by atoms with E-state index in [9.17, 15) is 0 Å². The van der Waals surface area contributed by atoms with Crippen molar-refractivity contribution < 1.29 is 21.7 Å². The minimum absolute atomic E-state index is 0. The Morgan fingerprint density at radius 2 is 1.12 bits per heavy atom. The predicted octanol–water partition coefficient (Wildman–Crippen LogP) is 10.3. The smallest absolute Gasteiger partial charge is 0.672 e. The van der Waals surface area contributed by atoms with Crippen molar-refractivity contribution in [2.75, 3.05) is 0 Å². The molecule has 3 aromatic carbocycles. The van der Waals surface area contributed by atoms with Crippen molar-refractivity contribution in [3.63, 3.8) is 0 Å². The van der Waals surface area contributed by atoms with Crippen LogP contribution in [0.5, 0.6) is 0 Å². The molecule has 5 aliphatic rings. The summed E-state index contributed by atoms with van der Waals surface area (Å²) in [6, 6.07) is 31.1. The Morgan fingerprint density at radius 1 is 0.698 bits per heavy atom. The van der Waals surface area contributed by atoms with Crippen LogP contribution in [0.1, 0.15) is 80.1 Å². The van der Waals surface area contributed by atoms with Gasteiger partial charge in [-0.15, -0.1) is 12.5 Å².